The summed E-state index contributed by atoms with van der Waals surface area (Å²) in [4.78, 5) is 23.2. The number of halogens is 1. The maximum Gasteiger partial charge on any atom is 0.407 e. The summed E-state index contributed by atoms with van der Waals surface area (Å²) in [6.07, 6.45) is 1.57. The van der Waals surface area contributed by atoms with Gasteiger partial charge in [0.1, 0.15) is 18.2 Å². The molecule has 1 aromatic carbocycles. The van der Waals surface area contributed by atoms with Crippen molar-refractivity contribution in [3.8, 4) is 11.3 Å². The first kappa shape index (κ1) is 21.2. The smallest absolute Gasteiger partial charge is 0.407 e. The highest BCUT2D eigenvalue weighted by Gasteiger charge is 2.24. The number of amides is 1. The van der Waals surface area contributed by atoms with Crippen molar-refractivity contribution in [1.82, 2.24) is 15.3 Å². The monoisotopic (exact) mass is 440 g/mol. The predicted molar refractivity (Wildman–Crippen MR) is 120 cm³/mol. The molecule has 1 saturated heterocycles. The fourth-order valence-corrected chi connectivity index (χ4v) is 4.62. The fourth-order valence-electron chi connectivity index (χ4n) is 3.65. The number of piperidine rings is 1. The van der Waals surface area contributed by atoms with E-state index in [1.807, 2.05) is 30.5 Å². The van der Waals surface area contributed by atoms with Crippen molar-refractivity contribution in [2.45, 2.75) is 32.3 Å². The van der Waals surface area contributed by atoms with Gasteiger partial charge in [0.15, 0.2) is 0 Å². The molecule has 1 aliphatic heterocycles. The summed E-state index contributed by atoms with van der Waals surface area (Å²) in [5, 5.41) is 5.68. The summed E-state index contributed by atoms with van der Waals surface area (Å²) in [5.41, 5.74) is 2.54. The Balaban J connectivity index is 1.34. The van der Waals surface area contributed by atoms with Gasteiger partial charge in [0, 0.05) is 36.5 Å². The van der Waals surface area contributed by atoms with Gasteiger partial charge in [-0.1, -0.05) is 6.07 Å². The Labute approximate surface area is 185 Å². The molecular formula is C23H25FN4O2S. The van der Waals surface area contributed by atoms with Crippen LogP contribution in [0.2, 0.25) is 0 Å². The number of ether oxygens (including phenoxy) is 1. The number of thiazole rings is 1. The summed E-state index contributed by atoms with van der Waals surface area (Å²) in [7, 11) is 0. The number of hydrogen-bond donors (Lipinski definition) is 1. The molecule has 0 aliphatic carbocycles. The van der Waals surface area contributed by atoms with Gasteiger partial charge < -0.3 is 15.0 Å². The van der Waals surface area contributed by atoms with E-state index in [4.69, 9.17) is 9.72 Å². The van der Waals surface area contributed by atoms with Crippen LogP contribution in [0.3, 0.4) is 0 Å². The summed E-state index contributed by atoms with van der Waals surface area (Å²) >= 11 is 1.63. The van der Waals surface area contributed by atoms with Crippen LogP contribution in [0, 0.1) is 5.82 Å². The van der Waals surface area contributed by atoms with Crippen molar-refractivity contribution in [3.63, 3.8) is 0 Å². The molecule has 3 heterocycles. The maximum absolute atomic E-state index is 13.2. The zero-order chi connectivity index (χ0) is 21.6. The van der Waals surface area contributed by atoms with E-state index in [-0.39, 0.29) is 12.4 Å². The van der Waals surface area contributed by atoms with E-state index in [0.717, 1.165) is 53.7 Å². The second-order valence-corrected chi connectivity index (χ2v) is 8.32. The van der Waals surface area contributed by atoms with E-state index in [1.165, 1.54) is 12.1 Å². The van der Waals surface area contributed by atoms with Crippen LogP contribution in [-0.4, -0.2) is 35.7 Å². The number of nitrogens with one attached hydrogen (secondary N) is 1. The minimum absolute atomic E-state index is 0.196. The van der Waals surface area contributed by atoms with Gasteiger partial charge in [-0.2, -0.15) is 0 Å². The Morgan fingerprint density at radius 3 is 2.71 bits per heavy atom. The lowest BCUT2D eigenvalue weighted by Crippen LogP contribution is -2.33. The molecule has 0 radical (unpaired) electrons. The Morgan fingerprint density at radius 2 is 1.97 bits per heavy atom. The molecule has 3 aromatic rings. The van der Waals surface area contributed by atoms with Crippen molar-refractivity contribution in [2.24, 2.45) is 0 Å². The third kappa shape index (κ3) is 5.38. The number of nitrogens with zero attached hydrogens (tertiary/aromatic N) is 3. The fraction of sp³-hybridized carbons (Fsp3) is 0.348. The van der Waals surface area contributed by atoms with E-state index in [2.05, 4.69) is 15.2 Å². The van der Waals surface area contributed by atoms with Crippen molar-refractivity contribution in [1.29, 1.82) is 0 Å². The highest BCUT2D eigenvalue weighted by Crippen LogP contribution is 2.32. The van der Waals surface area contributed by atoms with E-state index in [1.54, 1.807) is 23.5 Å². The summed E-state index contributed by atoms with van der Waals surface area (Å²) < 4.78 is 18.4. The summed E-state index contributed by atoms with van der Waals surface area (Å²) in [5.74, 6) is 1.10. The van der Waals surface area contributed by atoms with Crippen molar-refractivity contribution in [2.75, 3.05) is 24.5 Å². The van der Waals surface area contributed by atoms with Crippen LogP contribution in [-0.2, 0) is 11.3 Å². The number of aromatic nitrogens is 2. The third-order valence-corrected chi connectivity index (χ3v) is 6.34. The predicted octanol–water partition coefficient (Wildman–Crippen LogP) is 4.97. The van der Waals surface area contributed by atoms with Gasteiger partial charge in [0.05, 0.1) is 16.4 Å². The van der Waals surface area contributed by atoms with Gasteiger partial charge in [-0.25, -0.2) is 19.2 Å². The highest BCUT2D eigenvalue weighted by atomic mass is 32.1. The average Bonchev–Trinajstić information content (AvgIpc) is 3.28. The molecule has 2 aromatic heterocycles. The molecule has 4 rings (SSSR count). The van der Waals surface area contributed by atoms with Crippen molar-refractivity contribution >= 4 is 23.2 Å². The molecule has 0 unspecified atom stereocenters. The average molecular weight is 441 g/mol. The molecule has 1 N–H and O–H groups in total. The Morgan fingerprint density at radius 1 is 1.19 bits per heavy atom. The van der Waals surface area contributed by atoms with Crippen molar-refractivity contribution in [3.05, 3.63) is 64.4 Å². The highest BCUT2D eigenvalue weighted by molar-refractivity contribution is 7.09. The van der Waals surface area contributed by atoms with Crippen LogP contribution in [0.25, 0.3) is 11.3 Å². The van der Waals surface area contributed by atoms with E-state index < -0.39 is 6.09 Å². The molecule has 0 spiro atoms. The van der Waals surface area contributed by atoms with Crippen LogP contribution in [0.5, 0.6) is 0 Å². The number of hydrogen-bond acceptors (Lipinski definition) is 6. The number of pyridine rings is 1. The van der Waals surface area contributed by atoms with E-state index in [9.17, 15) is 9.18 Å². The second kappa shape index (κ2) is 9.87. The number of alkyl carbamates (subject to hydrolysis) is 1. The molecule has 31 heavy (non-hydrogen) atoms. The van der Waals surface area contributed by atoms with Gasteiger partial charge in [0.2, 0.25) is 0 Å². The minimum Gasteiger partial charge on any atom is -0.443 e. The Bertz CT molecular complexity index is 1020. The lowest BCUT2D eigenvalue weighted by molar-refractivity contribution is 0.139. The lowest BCUT2D eigenvalue weighted by Gasteiger charge is -2.32. The molecule has 162 valence electrons. The molecule has 0 saturated carbocycles. The quantitative estimate of drug-likeness (QED) is 0.586. The zero-order valence-corrected chi connectivity index (χ0v) is 18.2. The van der Waals surface area contributed by atoms with Gasteiger partial charge in [-0.3, -0.25) is 0 Å². The molecule has 1 aliphatic rings. The van der Waals surface area contributed by atoms with Crippen LogP contribution >= 0.6 is 11.3 Å². The number of carbonyl (C=O) groups is 1. The van der Waals surface area contributed by atoms with Crippen LogP contribution in [0.1, 0.15) is 36.4 Å². The normalized spacial score (nSPS) is 14.5. The number of anilines is 1. The maximum atomic E-state index is 13.2. The van der Waals surface area contributed by atoms with E-state index >= 15 is 0 Å². The zero-order valence-electron chi connectivity index (χ0n) is 17.4. The van der Waals surface area contributed by atoms with Gasteiger partial charge in [-0.05, 0) is 56.2 Å². The first-order valence-electron chi connectivity index (χ1n) is 10.4. The molecule has 1 fully saturated rings. The SMILES string of the molecule is CCNC(=O)OCc1csc(C2CCN(c3cccc(-c4ccc(F)cc4)n3)CC2)n1. The summed E-state index contributed by atoms with van der Waals surface area (Å²) in [6.45, 7) is 4.38. The van der Waals surface area contributed by atoms with Crippen LogP contribution < -0.4 is 10.2 Å². The molecule has 1 amide bonds. The van der Waals surface area contributed by atoms with Gasteiger partial charge >= 0.3 is 6.09 Å². The van der Waals surface area contributed by atoms with Crippen LogP contribution in [0.4, 0.5) is 15.0 Å². The standard InChI is InChI=1S/C23H25FN4O2S/c1-2-25-23(29)30-14-19-15-31-22(26-19)17-10-12-28(13-11-17)21-5-3-4-20(27-21)16-6-8-18(24)9-7-16/h3-9,15,17H,2,10-14H2,1H3,(H,25,29). The Hall–Kier alpha value is -3.00. The number of benzene rings is 1. The largest absolute Gasteiger partial charge is 0.443 e. The number of carbonyl (C=O) groups excluding carboxylic acids is 1. The second-order valence-electron chi connectivity index (χ2n) is 7.43. The molecule has 0 atom stereocenters. The molecule has 6 nitrogen and oxygen atoms in total. The Kier molecular flexibility index (Phi) is 6.76. The third-order valence-electron chi connectivity index (χ3n) is 5.28. The number of rotatable bonds is 6. The van der Waals surface area contributed by atoms with Gasteiger partial charge in [-0.15, -0.1) is 11.3 Å². The molecule has 0 bridgehead atoms. The minimum atomic E-state index is -0.416. The van der Waals surface area contributed by atoms with Crippen LogP contribution in [0.15, 0.2) is 47.8 Å². The van der Waals surface area contributed by atoms with E-state index in [0.29, 0.717) is 12.5 Å². The topological polar surface area (TPSA) is 67.3 Å². The van der Waals surface area contributed by atoms with Crippen molar-refractivity contribution < 1.29 is 13.9 Å². The van der Waals surface area contributed by atoms with Gasteiger partial charge in [0.25, 0.3) is 0 Å². The molecular weight excluding hydrogens is 415 g/mol. The summed E-state index contributed by atoms with van der Waals surface area (Å²) in [6, 6.07) is 12.4. The molecule has 8 heteroatoms. The lowest BCUT2D eigenvalue weighted by atomic mass is 9.97. The first-order chi connectivity index (χ1) is 15.1. The first-order valence-corrected chi connectivity index (χ1v) is 11.3.